The Morgan fingerprint density at radius 1 is 0.812 bits per heavy atom. The number of carbonyl (C=O) groups is 1. The molecule has 0 aliphatic carbocycles. The number of sulfone groups is 1. The summed E-state index contributed by atoms with van der Waals surface area (Å²) >= 11 is 0. The van der Waals surface area contributed by atoms with Crippen LogP contribution in [0, 0.1) is 0 Å². The Balaban J connectivity index is 1.48. The molecule has 32 heavy (non-hydrogen) atoms. The van der Waals surface area contributed by atoms with Crippen molar-refractivity contribution in [3.05, 3.63) is 84.4 Å². The van der Waals surface area contributed by atoms with Gasteiger partial charge < -0.3 is 5.32 Å². The first-order chi connectivity index (χ1) is 15.3. The van der Waals surface area contributed by atoms with E-state index in [2.05, 4.69) is 5.32 Å². The number of hydrogen-bond donors (Lipinski definition) is 1. The molecule has 3 aromatic carbocycles. The average molecular weight is 471 g/mol. The molecule has 0 bridgehead atoms. The fourth-order valence-electron chi connectivity index (χ4n) is 3.67. The second kappa shape index (κ2) is 8.76. The van der Waals surface area contributed by atoms with Gasteiger partial charge in [0.1, 0.15) is 5.75 Å². The van der Waals surface area contributed by atoms with Gasteiger partial charge in [0.05, 0.1) is 15.5 Å². The maximum Gasteiger partial charge on any atom is 0.264 e. The van der Waals surface area contributed by atoms with Gasteiger partial charge in [0.2, 0.25) is 5.91 Å². The monoisotopic (exact) mass is 470 g/mol. The Kier molecular flexibility index (Phi) is 6.03. The minimum atomic E-state index is -3.77. The number of amides is 1. The number of fused-ring (bicyclic) bond motifs is 1. The number of anilines is 2. The van der Waals surface area contributed by atoms with Gasteiger partial charge in [-0.05, 0) is 60.9 Å². The second-order valence-corrected chi connectivity index (χ2v) is 11.3. The molecule has 4 rings (SSSR count). The van der Waals surface area contributed by atoms with Gasteiger partial charge >= 0.3 is 0 Å². The van der Waals surface area contributed by atoms with Crippen molar-refractivity contribution >= 4 is 37.1 Å². The third-order valence-electron chi connectivity index (χ3n) is 5.22. The van der Waals surface area contributed by atoms with E-state index in [-0.39, 0.29) is 9.79 Å². The number of rotatable bonds is 6. The zero-order valence-electron chi connectivity index (χ0n) is 17.1. The lowest BCUT2D eigenvalue weighted by Gasteiger charge is -2.30. The van der Waals surface area contributed by atoms with Gasteiger partial charge in [-0.3, -0.25) is 9.10 Å². The number of nitrogens with one attached hydrogen (secondary N) is 1. The molecular weight excluding hydrogens is 448 g/mol. The number of para-hydroxylation sites is 1. The quantitative estimate of drug-likeness (QED) is 0.596. The average Bonchev–Trinajstić information content (AvgIpc) is 2.79. The number of sulfonamides is 1. The predicted octanol–water partition coefficient (Wildman–Crippen LogP) is 3.24. The minimum absolute atomic E-state index is 0.0680. The van der Waals surface area contributed by atoms with Crippen LogP contribution in [0.4, 0.5) is 11.4 Å². The van der Waals surface area contributed by atoms with Crippen molar-refractivity contribution in [2.75, 3.05) is 21.9 Å². The van der Waals surface area contributed by atoms with Gasteiger partial charge in [0, 0.05) is 12.2 Å². The van der Waals surface area contributed by atoms with Gasteiger partial charge in [0.15, 0.2) is 9.84 Å². The lowest BCUT2D eigenvalue weighted by molar-refractivity contribution is -0.113. The Morgan fingerprint density at radius 2 is 1.47 bits per heavy atom. The van der Waals surface area contributed by atoms with Crippen LogP contribution in [0.15, 0.2) is 88.7 Å². The summed E-state index contributed by atoms with van der Waals surface area (Å²) in [7, 11) is -7.53. The number of carbonyl (C=O) groups excluding carboxylic acids is 1. The molecule has 0 fully saturated rings. The first kappa shape index (κ1) is 22.0. The molecule has 166 valence electrons. The highest BCUT2D eigenvalue weighted by Gasteiger charge is 2.29. The Labute approximate surface area is 187 Å². The van der Waals surface area contributed by atoms with Crippen LogP contribution in [0.3, 0.4) is 0 Å². The second-order valence-electron chi connectivity index (χ2n) is 7.45. The van der Waals surface area contributed by atoms with Crippen LogP contribution in [-0.2, 0) is 31.1 Å². The van der Waals surface area contributed by atoms with E-state index in [1.54, 1.807) is 24.3 Å². The van der Waals surface area contributed by atoms with E-state index in [1.165, 1.54) is 40.7 Å². The Bertz CT molecular complexity index is 1340. The van der Waals surface area contributed by atoms with E-state index in [9.17, 15) is 21.6 Å². The molecule has 9 heteroatoms. The van der Waals surface area contributed by atoms with Crippen LogP contribution in [0.2, 0.25) is 0 Å². The van der Waals surface area contributed by atoms with Crippen LogP contribution in [0.5, 0.6) is 0 Å². The minimum Gasteiger partial charge on any atom is -0.325 e. The third-order valence-corrected chi connectivity index (χ3v) is 8.68. The van der Waals surface area contributed by atoms with Crippen LogP contribution >= 0.6 is 0 Å². The van der Waals surface area contributed by atoms with Crippen molar-refractivity contribution in [2.45, 2.75) is 22.6 Å². The van der Waals surface area contributed by atoms with E-state index in [4.69, 9.17) is 0 Å². The fourth-order valence-corrected chi connectivity index (χ4v) is 6.36. The van der Waals surface area contributed by atoms with E-state index in [0.717, 1.165) is 18.4 Å². The van der Waals surface area contributed by atoms with E-state index < -0.39 is 31.5 Å². The van der Waals surface area contributed by atoms with E-state index >= 15 is 0 Å². The number of aryl methyl sites for hydroxylation is 1. The predicted molar refractivity (Wildman–Crippen MR) is 123 cm³/mol. The first-order valence-electron chi connectivity index (χ1n) is 10.1. The topological polar surface area (TPSA) is 101 Å². The van der Waals surface area contributed by atoms with Gasteiger partial charge in [-0.25, -0.2) is 16.8 Å². The van der Waals surface area contributed by atoms with E-state index in [0.29, 0.717) is 17.9 Å². The van der Waals surface area contributed by atoms with Crippen LogP contribution in [-0.4, -0.2) is 35.0 Å². The number of hydrogen-bond acceptors (Lipinski definition) is 5. The maximum atomic E-state index is 13.2. The lowest BCUT2D eigenvalue weighted by atomic mass is 10.0. The van der Waals surface area contributed by atoms with Gasteiger partial charge in [-0.15, -0.1) is 0 Å². The van der Waals surface area contributed by atoms with Crippen molar-refractivity contribution in [2.24, 2.45) is 0 Å². The van der Waals surface area contributed by atoms with Gasteiger partial charge in [-0.1, -0.05) is 36.4 Å². The molecule has 1 aliphatic rings. The molecule has 0 saturated heterocycles. The van der Waals surface area contributed by atoms with Crippen molar-refractivity contribution in [1.82, 2.24) is 0 Å². The van der Waals surface area contributed by atoms with Crippen LogP contribution < -0.4 is 9.62 Å². The zero-order valence-corrected chi connectivity index (χ0v) is 18.8. The summed E-state index contributed by atoms with van der Waals surface area (Å²) in [5.41, 5.74) is 1.99. The summed E-state index contributed by atoms with van der Waals surface area (Å²) < 4.78 is 52.5. The molecule has 0 radical (unpaired) electrons. The van der Waals surface area contributed by atoms with Crippen molar-refractivity contribution in [3.63, 3.8) is 0 Å². The van der Waals surface area contributed by atoms with Crippen molar-refractivity contribution in [1.29, 1.82) is 0 Å². The highest BCUT2D eigenvalue weighted by atomic mass is 32.2. The van der Waals surface area contributed by atoms with Crippen molar-refractivity contribution < 1.29 is 21.6 Å². The van der Waals surface area contributed by atoms with Crippen molar-refractivity contribution in [3.8, 4) is 0 Å². The molecule has 1 N–H and O–H groups in total. The number of nitrogens with zero attached hydrogens (tertiary/aromatic N) is 1. The molecule has 0 aromatic heterocycles. The molecular formula is C23H22N2O5S2. The summed E-state index contributed by atoms with van der Waals surface area (Å²) in [6.45, 7) is 0.398. The standard InChI is InChI=1S/C23H22N2O5S2/c26-23(17-31(27,28)20-9-2-1-3-10-20)24-19-12-14-21(15-13-19)32(29,30)25-16-6-8-18-7-4-5-11-22(18)25/h1-5,7,9-15H,6,8,16-17H2,(H,24,26). The fraction of sp³-hybridized carbons (Fsp3) is 0.174. The smallest absolute Gasteiger partial charge is 0.264 e. The van der Waals surface area contributed by atoms with Crippen LogP contribution in [0.1, 0.15) is 12.0 Å². The normalized spacial score (nSPS) is 13.9. The maximum absolute atomic E-state index is 13.2. The largest absolute Gasteiger partial charge is 0.325 e. The molecule has 3 aromatic rings. The molecule has 1 aliphatic heterocycles. The van der Waals surface area contributed by atoms with E-state index in [1.807, 2.05) is 18.2 Å². The zero-order chi connectivity index (χ0) is 22.8. The molecule has 1 heterocycles. The molecule has 0 unspecified atom stereocenters. The number of benzene rings is 3. The third kappa shape index (κ3) is 4.53. The summed E-state index contributed by atoms with van der Waals surface area (Å²) in [5, 5.41) is 2.52. The van der Waals surface area contributed by atoms with Crippen LogP contribution in [0.25, 0.3) is 0 Å². The lowest BCUT2D eigenvalue weighted by Crippen LogP contribution is -2.35. The summed E-state index contributed by atoms with van der Waals surface area (Å²) in [6, 6.07) is 20.9. The van der Waals surface area contributed by atoms with Gasteiger partial charge in [0.25, 0.3) is 10.0 Å². The first-order valence-corrected chi connectivity index (χ1v) is 13.1. The summed E-state index contributed by atoms with van der Waals surface area (Å²) in [4.78, 5) is 12.4. The molecule has 0 atom stereocenters. The SMILES string of the molecule is O=C(CS(=O)(=O)c1ccccc1)Nc1ccc(S(=O)(=O)N2CCCc3ccccc32)cc1. The highest BCUT2D eigenvalue weighted by molar-refractivity contribution is 7.93. The molecule has 1 amide bonds. The Morgan fingerprint density at radius 3 is 2.19 bits per heavy atom. The molecule has 0 saturated carbocycles. The summed E-state index contributed by atoms with van der Waals surface area (Å²) in [5.74, 6) is -1.41. The molecule has 0 spiro atoms. The summed E-state index contributed by atoms with van der Waals surface area (Å²) in [6.07, 6.45) is 1.57. The molecule has 7 nitrogen and oxygen atoms in total. The Hall–Kier alpha value is -3.17. The van der Waals surface area contributed by atoms with Gasteiger partial charge in [-0.2, -0.15) is 0 Å². The highest BCUT2D eigenvalue weighted by Crippen LogP contribution is 2.32.